The summed E-state index contributed by atoms with van der Waals surface area (Å²) in [7, 11) is 1.64. The molecule has 14 heavy (non-hydrogen) atoms. The fourth-order valence-corrected chi connectivity index (χ4v) is 2.93. The summed E-state index contributed by atoms with van der Waals surface area (Å²) in [6.07, 6.45) is 1.04. The van der Waals surface area contributed by atoms with E-state index >= 15 is 0 Å². The zero-order chi connectivity index (χ0) is 10.6. The highest BCUT2D eigenvalue weighted by atomic mass is 79.9. The van der Waals surface area contributed by atoms with Gasteiger partial charge in [-0.25, -0.2) is 0 Å². The van der Waals surface area contributed by atoms with Crippen LogP contribution in [0.4, 0.5) is 0 Å². The first-order valence-corrected chi connectivity index (χ1v) is 6.23. The molecule has 0 amide bonds. The van der Waals surface area contributed by atoms with Crippen LogP contribution in [0.25, 0.3) is 0 Å². The number of hydrogen-bond acceptors (Lipinski definition) is 3. The molecule has 0 aliphatic rings. The van der Waals surface area contributed by atoms with Crippen molar-refractivity contribution in [3.8, 4) is 0 Å². The van der Waals surface area contributed by atoms with E-state index in [4.69, 9.17) is 4.74 Å². The Bertz CT molecular complexity index is 271. The second-order valence-electron chi connectivity index (χ2n) is 3.16. The first kappa shape index (κ1) is 12.2. The standard InChI is InChI=1S/C10H15BrO2S/c1-3-9(13-2)8(12)6-7-4-5-10(11)14-7/h4-5,8-9,12H,3,6H2,1-2H3. The summed E-state index contributed by atoms with van der Waals surface area (Å²) in [4.78, 5) is 1.18. The molecule has 1 aromatic rings. The van der Waals surface area contributed by atoms with Crippen LogP contribution in [0.1, 0.15) is 18.2 Å². The van der Waals surface area contributed by atoms with E-state index in [0.29, 0.717) is 6.42 Å². The number of thiophene rings is 1. The SMILES string of the molecule is CCC(OC)C(O)Cc1ccc(Br)s1. The Kier molecular flexibility index (Phi) is 5.09. The average Bonchev–Trinajstić information content (AvgIpc) is 2.53. The third-order valence-electron chi connectivity index (χ3n) is 2.17. The highest BCUT2D eigenvalue weighted by molar-refractivity contribution is 9.11. The second-order valence-corrected chi connectivity index (χ2v) is 5.71. The van der Waals surface area contributed by atoms with Crippen molar-refractivity contribution >= 4 is 27.3 Å². The molecule has 0 saturated heterocycles. The zero-order valence-electron chi connectivity index (χ0n) is 8.37. The summed E-state index contributed by atoms with van der Waals surface area (Å²) < 4.78 is 6.29. The van der Waals surface area contributed by atoms with Crippen LogP contribution in [-0.4, -0.2) is 24.4 Å². The van der Waals surface area contributed by atoms with E-state index in [-0.39, 0.29) is 6.10 Å². The molecule has 0 aliphatic heterocycles. The minimum Gasteiger partial charge on any atom is -0.390 e. The van der Waals surface area contributed by atoms with Crippen LogP contribution < -0.4 is 0 Å². The highest BCUT2D eigenvalue weighted by Crippen LogP contribution is 2.24. The van der Waals surface area contributed by atoms with Crippen molar-refractivity contribution in [3.05, 3.63) is 20.8 Å². The van der Waals surface area contributed by atoms with Crippen molar-refractivity contribution < 1.29 is 9.84 Å². The van der Waals surface area contributed by atoms with Crippen molar-refractivity contribution in [1.29, 1.82) is 0 Å². The molecule has 0 radical (unpaired) electrons. The summed E-state index contributed by atoms with van der Waals surface area (Å²) in [5, 5.41) is 9.84. The van der Waals surface area contributed by atoms with E-state index in [2.05, 4.69) is 15.9 Å². The predicted octanol–water partition coefficient (Wildman–Crippen LogP) is 2.84. The number of hydrogen-bond donors (Lipinski definition) is 1. The molecule has 2 unspecified atom stereocenters. The zero-order valence-corrected chi connectivity index (χ0v) is 10.8. The Labute approximate surface area is 97.0 Å². The van der Waals surface area contributed by atoms with Crippen molar-refractivity contribution in [2.24, 2.45) is 0 Å². The molecule has 4 heteroatoms. The van der Waals surface area contributed by atoms with E-state index in [1.165, 1.54) is 4.88 Å². The lowest BCUT2D eigenvalue weighted by Gasteiger charge is -2.19. The molecule has 0 saturated carbocycles. The highest BCUT2D eigenvalue weighted by Gasteiger charge is 2.17. The molecule has 0 fully saturated rings. The van der Waals surface area contributed by atoms with Crippen LogP contribution in [-0.2, 0) is 11.2 Å². The summed E-state index contributed by atoms with van der Waals surface area (Å²) in [6.45, 7) is 2.02. The number of methoxy groups -OCH3 is 1. The summed E-state index contributed by atoms with van der Waals surface area (Å²) in [6, 6.07) is 4.03. The lowest BCUT2D eigenvalue weighted by molar-refractivity contribution is -0.0125. The molecule has 0 bridgehead atoms. The van der Waals surface area contributed by atoms with Gasteiger partial charge in [0.05, 0.1) is 16.0 Å². The van der Waals surface area contributed by atoms with Crippen LogP contribution in [0.3, 0.4) is 0 Å². The van der Waals surface area contributed by atoms with Gasteiger partial charge in [0, 0.05) is 18.4 Å². The largest absolute Gasteiger partial charge is 0.390 e. The molecule has 1 heterocycles. The second kappa shape index (κ2) is 5.85. The van der Waals surface area contributed by atoms with Gasteiger partial charge < -0.3 is 9.84 Å². The van der Waals surface area contributed by atoms with Crippen molar-refractivity contribution in [2.45, 2.75) is 32.0 Å². The van der Waals surface area contributed by atoms with Gasteiger partial charge in [0.2, 0.25) is 0 Å². The maximum atomic E-state index is 9.84. The maximum Gasteiger partial charge on any atom is 0.0849 e. The quantitative estimate of drug-likeness (QED) is 0.898. The summed E-state index contributed by atoms with van der Waals surface area (Å²) in [5.74, 6) is 0. The Morgan fingerprint density at radius 1 is 1.57 bits per heavy atom. The number of aliphatic hydroxyl groups is 1. The molecule has 80 valence electrons. The molecule has 1 N–H and O–H groups in total. The lowest BCUT2D eigenvalue weighted by Crippen LogP contribution is -2.28. The molecule has 0 aliphatic carbocycles. The van der Waals surface area contributed by atoms with Gasteiger partial charge in [0.25, 0.3) is 0 Å². The van der Waals surface area contributed by atoms with Crippen LogP contribution in [0.5, 0.6) is 0 Å². The van der Waals surface area contributed by atoms with E-state index in [1.54, 1.807) is 18.4 Å². The first-order valence-electron chi connectivity index (χ1n) is 4.62. The van der Waals surface area contributed by atoms with Crippen molar-refractivity contribution in [2.75, 3.05) is 7.11 Å². The van der Waals surface area contributed by atoms with Crippen LogP contribution >= 0.6 is 27.3 Å². The van der Waals surface area contributed by atoms with Gasteiger partial charge >= 0.3 is 0 Å². The minimum absolute atomic E-state index is 0.0594. The first-order chi connectivity index (χ1) is 6.67. The molecule has 1 rings (SSSR count). The predicted molar refractivity (Wildman–Crippen MR) is 62.8 cm³/mol. The van der Waals surface area contributed by atoms with E-state index in [1.807, 2.05) is 19.1 Å². The number of halogens is 1. The topological polar surface area (TPSA) is 29.5 Å². The molecule has 0 spiro atoms. The van der Waals surface area contributed by atoms with Crippen molar-refractivity contribution in [3.63, 3.8) is 0 Å². The molecule has 2 nitrogen and oxygen atoms in total. The summed E-state index contributed by atoms with van der Waals surface area (Å²) in [5.41, 5.74) is 0. The fourth-order valence-electron chi connectivity index (χ4n) is 1.39. The van der Waals surface area contributed by atoms with E-state index in [0.717, 1.165) is 10.2 Å². The normalized spacial score (nSPS) is 15.4. The lowest BCUT2D eigenvalue weighted by atomic mass is 10.1. The Morgan fingerprint density at radius 2 is 2.29 bits per heavy atom. The van der Waals surface area contributed by atoms with Crippen LogP contribution in [0.2, 0.25) is 0 Å². The Balaban J connectivity index is 2.51. The number of rotatable bonds is 5. The van der Waals surface area contributed by atoms with Crippen LogP contribution in [0, 0.1) is 0 Å². The van der Waals surface area contributed by atoms with E-state index in [9.17, 15) is 5.11 Å². The van der Waals surface area contributed by atoms with Gasteiger partial charge in [-0.05, 0) is 34.5 Å². The van der Waals surface area contributed by atoms with Crippen LogP contribution in [0.15, 0.2) is 15.9 Å². The molecular weight excluding hydrogens is 264 g/mol. The summed E-state index contributed by atoms with van der Waals surface area (Å²) >= 11 is 5.05. The monoisotopic (exact) mass is 278 g/mol. The third kappa shape index (κ3) is 3.35. The van der Waals surface area contributed by atoms with Gasteiger partial charge in [-0.3, -0.25) is 0 Å². The van der Waals surface area contributed by atoms with Gasteiger partial charge in [0.15, 0.2) is 0 Å². The number of aliphatic hydroxyl groups excluding tert-OH is 1. The van der Waals surface area contributed by atoms with Gasteiger partial charge in [-0.1, -0.05) is 6.92 Å². The fraction of sp³-hybridized carbons (Fsp3) is 0.600. The van der Waals surface area contributed by atoms with Gasteiger partial charge in [-0.15, -0.1) is 11.3 Å². The number of ether oxygens (including phenoxy) is 1. The molecule has 0 aromatic carbocycles. The smallest absolute Gasteiger partial charge is 0.0849 e. The molecular formula is C10H15BrO2S. The minimum atomic E-state index is -0.407. The molecule has 1 aromatic heterocycles. The van der Waals surface area contributed by atoms with Gasteiger partial charge in [0.1, 0.15) is 0 Å². The van der Waals surface area contributed by atoms with Crippen molar-refractivity contribution in [1.82, 2.24) is 0 Å². The molecule has 2 atom stereocenters. The maximum absolute atomic E-state index is 9.84. The Hall–Kier alpha value is 0.1000. The average molecular weight is 279 g/mol. The van der Waals surface area contributed by atoms with E-state index < -0.39 is 6.10 Å². The Morgan fingerprint density at radius 3 is 2.71 bits per heavy atom. The third-order valence-corrected chi connectivity index (χ3v) is 3.82. The van der Waals surface area contributed by atoms with Gasteiger partial charge in [-0.2, -0.15) is 0 Å².